The molecule has 420 valence electrons. The third-order valence-electron chi connectivity index (χ3n) is 19.6. The largest absolute Gasteiger partial charge is 0.453 e. The highest BCUT2D eigenvalue weighted by molar-refractivity contribution is 7.80. The van der Waals surface area contributed by atoms with Crippen LogP contribution in [-0.4, -0.2) is 172 Å². The number of allylic oxidation sites excluding steroid dienone is 1. The van der Waals surface area contributed by atoms with Crippen LogP contribution in [0.2, 0.25) is 0 Å². The lowest BCUT2D eigenvalue weighted by molar-refractivity contribution is -0.354. The minimum absolute atomic E-state index is 0.0465. The summed E-state index contributed by atoms with van der Waals surface area (Å²) in [6, 6.07) is 22.3. The Morgan fingerprint density at radius 2 is 1.29 bits per heavy atom. The summed E-state index contributed by atoms with van der Waals surface area (Å²) in [6.07, 6.45) is 7.72. The van der Waals surface area contributed by atoms with E-state index in [0.717, 1.165) is 6.42 Å². The molecule has 0 radical (unpaired) electrons. The van der Waals surface area contributed by atoms with Crippen molar-refractivity contribution in [3.05, 3.63) is 83.4 Å². The summed E-state index contributed by atoms with van der Waals surface area (Å²) in [5.74, 6) is -4.05. The van der Waals surface area contributed by atoms with Crippen LogP contribution in [-0.2, 0) is 39.8 Å². The summed E-state index contributed by atoms with van der Waals surface area (Å²) in [5.41, 5.74) is -6.45. The highest BCUT2D eigenvalue weighted by Crippen LogP contribution is 2.78. The molecule has 0 amide bonds. The van der Waals surface area contributed by atoms with Crippen LogP contribution < -0.4 is 0 Å². The Balaban J connectivity index is 0.000000188. The fourth-order valence-corrected chi connectivity index (χ4v) is 16.1. The molecule has 5 aliphatic heterocycles. The average Bonchev–Trinajstić information content (AvgIpc) is 3.64. The average molecular weight is 1100 g/mol. The molecule has 6 bridgehead atoms. The lowest BCUT2D eigenvalue weighted by Crippen LogP contribution is -2.85. The second-order valence-corrected chi connectivity index (χ2v) is 25.3. The molecule has 20 nitrogen and oxygen atoms in total. The molecule has 5 saturated heterocycles. The maximum Gasteiger partial charge on any atom is 0.394 e. The van der Waals surface area contributed by atoms with E-state index in [-0.39, 0.29) is 31.5 Å². The van der Waals surface area contributed by atoms with Gasteiger partial charge in [0.05, 0.1) is 17.8 Å². The first-order chi connectivity index (χ1) is 34.8. The standard InChI is InChI=1S/C32H49NO9.C21H25NO.2H2O4S/c1-6-18(3)25(35)41-24-11-12-26(4)19-8-9-20-28(37)13-23(34)31(39)21(29(28,38)16-30(20,26)42-32(19,24)40)15-33-14-17(2)7-10-22(33)27(31,5)36;1-22-18-12-13-19(22)15-20(14-18)23-21(16-8-4-2-5-9-16)17-10-6-3-7-11-17;2*1-5(2,3)4/h6,17,19-24,34,36-40H,7-16H2,1-5H3;2-11,18-21H,12-15H2,1H3;2*(H2,1,2,3,4). The Labute approximate surface area is 440 Å². The molecule has 2 aromatic carbocycles. The molecule has 16 atom stereocenters. The lowest BCUT2D eigenvalue weighted by Gasteiger charge is -2.68. The van der Waals surface area contributed by atoms with Gasteiger partial charge in [-0.25, -0.2) is 4.79 Å². The highest BCUT2D eigenvalue weighted by atomic mass is 32.3. The molecule has 22 heteroatoms. The number of hydrogen-bond donors (Lipinski definition) is 10. The Bertz CT molecular complexity index is 2550. The number of carbonyl (C=O) groups is 1. The number of aliphatic hydroxyl groups is 6. The molecule has 10 N–H and O–H groups in total. The van der Waals surface area contributed by atoms with Crippen LogP contribution in [0.5, 0.6) is 0 Å². The van der Waals surface area contributed by atoms with E-state index in [1.54, 1.807) is 26.8 Å². The fourth-order valence-electron chi connectivity index (χ4n) is 16.1. The van der Waals surface area contributed by atoms with Crippen LogP contribution in [0.15, 0.2) is 72.3 Å². The lowest BCUT2D eigenvalue weighted by atomic mass is 9.49. The van der Waals surface area contributed by atoms with Crippen LogP contribution in [0.3, 0.4) is 0 Å². The summed E-state index contributed by atoms with van der Waals surface area (Å²) in [4.78, 5) is 17.5. The maximum atomic E-state index is 12.9. The first kappa shape index (κ1) is 58.1. The minimum atomic E-state index is -4.67. The number of rotatable bonds is 6. The summed E-state index contributed by atoms with van der Waals surface area (Å²) in [6.45, 7) is 10.1. The highest BCUT2D eigenvalue weighted by Gasteiger charge is 2.89. The monoisotopic (exact) mass is 1090 g/mol. The third-order valence-corrected chi connectivity index (χ3v) is 19.6. The first-order valence-electron chi connectivity index (χ1n) is 26.2. The Hall–Kier alpha value is -3.01. The van der Waals surface area contributed by atoms with Gasteiger partial charge in [-0.15, -0.1) is 0 Å². The molecule has 9 aliphatic rings. The van der Waals surface area contributed by atoms with Crippen LogP contribution in [0.4, 0.5) is 0 Å². The molecule has 4 aliphatic carbocycles. The van der Waals surface area contributed by atoms with Crippen molar-refractivity contribution in [2.45, 2.75) is 188 Å². The van der Waals surface area contributed by atoms with Crippen molar-refractivity contribution in [2.75, 3.05) is 20.1 Å². The van der Waals surface area contributed by atoms with Crippen LogP contribution in [0, 0.1) is 29.1 Å². The van der Waals surface area contributed by atoms with Gasteiger partial charge in [0.2, 0.25) is 5.79 Å². The summed E-state index contributed by atoms with van der Waals surface area (Å²) >= 11 is 0. The number of carbonyl (C=O) groups excluding carboxylic acids is 1. The zero-order valence-electron chi connectivity index (χ0n) is 43.6. The second kappa shape index (κ2) is 20.6. The van der Waals surface area contributed by atoms with Gasteiger partial charge in [-0.05, 0) is 109 Å². The second-order valence-electron chi connectivity index (χ2n) is 23.5. The molecule has 16 unspecified atom stereocenters. The van der Waals surface area contributed by atoms with Gasteiger partial charge >= 0.3 is 26.8 Å². The molecule has 0 aromatic heterocycles. The van der Waals surface area contributed by atoms with Gasteiger partial charge in [0.25, 0.3) is 0 Å². The van der Waals surface area contributed by atoms with E-state index in [4.69, 9.17) is 49.3 Å². The smallest absolute Gasteiger partial charge is 0.394 e. The van der Waals surface area contributed by atoms with Crippen LogP contribution in [0.1, 0.15) is 129 Å². The summed E-state index contributed by atoms with van der Waals surface area (Å²) < 4.78 is 82.4. The first-order valence-corrected chi connectivity index (χ1v) is 29.0. The number of piperidine rings is 3. The van der Waals surface area contributed by atoms with Crippen molar-refractivity contribution >= 4 is 26.8 Å². The number of esters is 1. The Morgan fingerprint density at radius 3 is 1.83 bits per heavy atom. The van der Waals surface area contributed by atoms with Gasteiger partial charge in [-0.1, -0.05) is 80.6 Å². The normalized spacial score (nSPS) is 43.7. The SMILES string of the molecule is CC=C(C)C(=O)OC1CCC2(C)C3CCC4C5(O)CC(O)C6(O)C(CN7CC(C)CCC7C6(C)O)C5(O)CC42OC13O.CN1C2CCC1CC(OC(c1ccccc1)c1ccccc1)C2.O=S(=O)(O)O.O=S(=O)(O)O. The van der Waals surface area contributed by atoms with E-state index < -0.39 is 95.9 Å². The summed E-state index contributed by atoms with van der Waals surface area (Å²) in [5, 5.41) is 73.9. The predicted molar refractivity (Wildman–Crippen MR) is 271 cm³/mol. The molecular weight excluding hydrogens is 1020 g/mol. The van der Waals surface area contributed by atoms with Crippen molar-refractivity contribution < 1.29 is 84.7 Å². The van der Waals surface area contributed by atoms with Gasteiger partial charge in [0.1, 0.15) is 28.5 Å². The molecule has 9 fully saturated rings. The zero-order chi connectivity index (χ0) is 55.1. The molecule has 1 spiro atoms. The molecule has 4 saturated carbocycles. The van der Waals surface area contributed by atoms with Crippen molar-refractivity contribution in [1.29, 1.82) is 0 Å². The van der Waals surface area contributed by atoms with Gasteiger partial charge in [0, 0.05) is 72.8 Å². The van der Waals surface area contributed by atoms with Crippen molar-refractivity contribution in [3.8, 4) is 0 Å². The van der Waals surface area contributed by atoms with E-state index in [9.17, 15) is 35.4 Å². The number of ether oxygens (including phenoxy) is 3. The van der Waals surface area contributed by atoms with Crippen LogP contribution in [0.25, 0.3) is 0 Å². The Kier molecular flexibility index (Phi) is 16.0. The number of aliphatic hydroxyl groups excluding tert-OH is 1. The van der Waals surface area contributed by atoms with Crippen molar-refractivity contribution in [3.63, 3.8) is 0 Å². The van der Waals surface area contributed by atoms with E-state index in [0.29, 0.717) is 68.3 Å². The van der Waals surface area contributed by atoms with Gasteiger partial charge in [0.15, 0.2) is 6.10 Å². The quantitative estimate of drug-likeness (QED) is 0.111. The number of hydrogen-bond acceptors (Lipinski definition) is 16. The molecule has 2 aromatic rings. The maximum absolute atomic E-state index is 12.9. The molecule has 5 heterocycles. The topological polar surface area (TPSA) is 322 Å². The molecular formula is C53H78N2O18S2. The van der Waals surface area contributed by atoms with E-state index >= 15 is 0 Å². The van der Waals surface area contributed by atoms with E-state index in [2.05, 4.69) is 84.4 Å². The zero-order valence-corrected chi connectivity index (χ0v) is 45.2. The van der Waals surface area contributed by atoms with Crippen molar-refractivity contribution in [1.82, 2.24) is 9.80 Å². The third kappa shape index (κ3) is 10.2. The minimum Gasteiger partial charge on any atom is -0.453 e. The van der Waals surface area contributed by atoms with E-state index in [1.807, 2.05) is 6.92 Å². The van der Waals surface area contributed by atoms with Crippen molar-refractivity contribution in [2.24, 2.45) is 29.1 Å². The number of benzene rings is 2. The molecule has 11 rings (SSSR count). The van der Waals surface area contributed by atoms with Gasteiger partial charge in [-0.3, -0.25) is 23.1 Å². The summed E-state index contributed by atoms with van der Waals surface area (Å²) in [7, 11) is -7.05. The van der Waals surface area contributed by atoms with Crippen LogP contribution >= 0.6 is 0 Å². The Morgan fingerprint density at radius 1 is 0.760 bits per heavy atom. The van der Waals surface area contributed by atoms with Gasteiger partial charge < -0.3 is 49.7 Å². The molecule has 75 heavy (non-hydrogen) atoms. The van der Waals surface area contributed by atoms with E-state index in [1.165, 1.54) is 36.8 Å². The van der Waals surface area contributed by atoms with Gasteiger partial charge in [-0.2, -0.15) is 16.8 Å². The number of nitrogens with zero attached hydrogens (tertiary/aromatic N) is 2. The fraction of sp³-hybridized carbons (Fsp3) is 0.717. The predicted octanol–water partition coefficient (Wildman–Crippen LogP) is 4.10. The number of fused-ring (bicyclic) bond motifs is 7.